The molecule has 126 valence electrons. The summed E-state index contributed by atoms with van der Waals surface area (Å²) in [6.45, 7) is 0. The van der Waals surface area contributed by atoms with Crippen LogP contribution in [-0.4, -0.2) is 15.9 Å². The number of hydrogen-bond donors (Lipinski definition) is 2. The third kappa shape index (κ3) is 3.59. The van der Waals surface area contributed by atoms with Gasteiger partial charge in [0.25, 0.3) is 0 Å². The summed E-state index contributed by atoms with van der Waals surface area (Å²) in [5, 5.41) is 0.118. The standard InChI is InChI=1S/C15H12ClF3N4O/c16-12-13(21-6-5-20-12)22-23-14(24)11-7-10(11)8-1-3-9(4-2-8)15(17,18)19/h1-6,10-11H,7H2,(H,21,22)(H,23,24)/t10-,11+/m0/s1. The number of anilines is 1. The summed E-state index contributed by atoms with van der Waals surface area (Å²) < 4.78 is 37.6. The van der Waals surface area contributed by atoms with E-state index in [2.05, 4.69) is 20.8 Å². The van der Waals surface area contributed by atoms with Crippen LogP contribution in [0.2, 0.25) is 5.15 Å². The predicted molar refractivity (Wildman–Crippen MR) is 81.1 cm³/mol. The lowest BCUT2D eigenvalue weighted by Gasteiger charge is -2.09. The van der Waals surface area contributed by atoms with Crippen LogP contribution in [-0.2, 0) is 11.0 Å². The average Bonchev–Trinajstić information content (AvgIpc) is 3.34. The highest BCUT2D eigenvalue weighted by atomic mass is 35.5. The summed E-state index contributed by atoms with van der Waals surface area (Å²) in [4.78, 5) is 19.8. The van der Waals surface area contributed by atoms with Crippen LogP contribution in [0.1, 0.15) is 23.5 Å². The van der Waals surface area contributed by atoms with Crippen LogP contribution in [0.4, 0.5) is 19.0 Å². The van der Waals surface area contributed by atoms with Crippen molar-refractivity contribution in [3.8, 4) is 0 Å². The summed E-state index contributed by atoms with van der Waals surface area (Å²) >= 11 is 5.80. The summed E-state index contributed by atoms with van der Waals surface area (Å²) in [5.74, 6) is -0.447. The van der Waals surface area contributed by atoms with E-state index in [0.29, 0.717) is 12.0 Å². The van der Waals surface area contributed by atoms with Gasteiger partial charge in [-0.25, -0.2) is 9.97 Å². The number of alkyl halides is 3. The van der Waals surface area contributed by atoms with Crippen LogP contribution in [0.25, 0.3) is 0 Å². The highest BCUT2D eigenvalue weighted by molar-refractivity contribution is 6.31. The lowest BCUT2D eigenvalue weighted by molar-refractivity contribution is -0.137. The molecule has 0 aliphatic heterocycles. The topological polar surface area (TPSA) is 66.9 Å². The fourth-order valence-electron chi connectivity index (χ4n) is 2.39. The molecule has 2 atom stereocenters. The van der Waals surface area contributed by atoms with Gasteiger partial charge in [0.05, 0.1) is 5.56 Å². The van der Waals surface area contributed by atoms with Crippen LogP contribution in [0, 0.1) is 5.92 Å². The van der Waals surface area contributed by atoms with Gasteiger partial charge in [0.15, 0.2) is 11.0 Å². The van der Waals surface area contributed by atoms with E-state index in [1.54, 1.807) is 0 Å². The summed E-state index contributed by atoms with van der Waals surface area (Å²) in [7, 11) is 0. The van der Waals surface area contributed by atoms with Crippen molar-refractivity contribution < 1.29 is 18.0 Å². The molecule has 2 aromatic rings. The van der Waals surface area contributed by atoms with Crippen molar-refractivity contribution in [1.82, 2.24) is 15.4 Å². The molecule has 5 nitrogen and oxygen atoms in total. The molecule has 1 aliphatic carbocycles. The van der Waals surface area contributed by atoms with Gasteiger partial charge in [-0.2, -0.15) is 13.2 Å². The minimum absolute atomic E-state index is 0.0913. The van der Waals surface area contributed by atoms with Crippen LogP contribution < -0.4 is 10.9 Å². The maximum absolute atomic E-state index is 12.5. The molecule has 0 spiro atoms. The smallest absolute Gasteiger partial charge is 0.279 e. The molecule has 1 aliphatic rings. The van der Waals surface area contributed by atoms with E-state index < -0.39 is 11.7 Å². The largest absolute Gasteiger partial charge is 0.416 e. The summed E-state index contributed by atoms with van der Waals surface area (Å²) in [5.41, 5.74) is 5.07. The minimum Gasteiger partial charge on any atom is -0.279 e. The van der Waals surface area contributed by atoms with Crippen molar-refractivity contribution in [2.45, 2.75) is 18.5 Å². The van der Waals surface area contributed by atoms with Gasteiger partial charge in [0.2, 0.25) is 5.91 Å². The Morgan fingerprint density at radius 2 is 1.83 bits per heavy atom. The van der Waals surface area contributed by atoms with Crippen molar-refractivity contribution in [3.63, 3.8) is 0 Å². The third-order valence-corrected chi connectivity index (χ3v) is 4.03. The number of carbonyl (C=O) groups is 1. The number of nitrogens with zero attached hydrogens (tertiary/aromatic N) is 2. The zero-order valence-corrected chi connectivity index (χ0v) is 12.9. The Balaban J connectivity index is 1.57. The number of amides is 1. The molecule has 3 rings (SSSR count). The van der Waals surface area contributed by atoms with Crippen molar-refractivity contribution in [2.24, 2.45) is 5.92 Å². The highest BCUT2D eigenvalue weighted by Gasteiger charge is 2.44. The minimum atomic E-state index is -4.36. The van der Waals surface area contributed by atoms with E-state index in [1.807, 2.05) is 0 Å². The van der Waals surface area contributed by atoms with Gasteiger partial charge >= 0.3 is 6.18 Å². The van der Waals surface area contributed by atoms with Crippen molar-refractivity contribution >= 4 is 23.3 Å². The number of rotatable bonds is 4. The highest BCUT2D eigenvalue weighted by Crippen LogP contribution is 2.47. The Morgan fingerprint density at radius 1 is 1.17 bits per heavy atom. The molecule has 0 bridgehead atoms. The monoisotopic (exact) mass is 356 g/mol. The Kier molecular flexibility index (Phi) is 4.31. The first-order chi connectivity index (χ1) is 11.4. The molecule has 9 heteroatoms. The van der Waals surface area contributed by atoms with E-state index >= 15 is 0 Å². The van der Waals surface area contributed by atoms with Crippen molar-refractivity contribution in [1.29, 1.82) is 0 Å². The molecule has 24 heavy (non-hydrogen) atoms. The first kappa shape index (κ1) is 16.5. The Morgan fingerprint density at radius 3 is 2.46 bits per heavy atom. The quantitative estimate of drug-likeness (QED) is 0.824. The van der Waals surface area contributed by atoms with Gasteiger partial charge in [-0.1, -0.05) is 23.7 Å². The first-order valence-electron chi connectivity index (χ1n) is 7.06. The average molecular weight is 357 g/mol. The number of hydrazine groups is 1. The van der Waals surface area contributed by atoms with Gasteiger partial charge in [-0.05, 0) is 30.0 Å². The van der Waals surface area contributed by atoms with Crippen molar-refractivity contribution in [2.75, 3.05) is 5.43 Å². The molecule has 1 amide bonds. The molecular weight excluding hydrogens is 345 g/mol. The maximum Gasteiger partial charge on any atom is 0.416 e. The van der Waals surface area contributed by atoms with E-state index in [0.717, 1.165) is 12.1 Å². The first-order valence-corrected chi connectivity index (χ1v) is 7.43. The summed E-state index contributed by atoms with van der Waals surface area (Å²) in [6, 6.07) is 4.88. The van der Waals surface area contributed by atoms with E-state index in [9.17, 15) is 18.0 Å². The Hall–Kier alpha value is -2.35. The lowest BCUT2D eigenvalue weighted by atomic mass is 10.1. The fraction of sp³-hybridized carbons (Fsp3) is 0.267. The SMILES string of the molecule is O=C(NNc1nccnc1Cl)[C@@H]1C[C@H]1c1ccc(C(F)(F)F)cc1. The second kappa shape index (κ2) is 6.27. The summed E-state index contributed by atoms with van der Waals surface area (Å²) in [6.07, 6.45) is -0.953. The predicted octanol–water partition coefficient (Wildman–Crippen LogP) is 3.40. The van der Waals surface area contributed by atoms with E-state index in [4.69, 9.17) is 11.6 Å². The van der Waals surface area contributed by atoms with E-state index in [-0.39, 0.29) is 28.7 Å². The molecular formula is C15H12ClF3N4O. The molecule has 1 fully saturated rings. The van der Waals surface area contributed by atoms with Crippen LogP contribution in [0.5, 0.6) is 0 Å². The number of hydrogen-bond acceptors (Lipinski definition) is 4. The lowest BCUT2D eigenvalue weighted by Crippen LogP contribution is -2.31. The normalized spacial score (nSPS) is 19.7. The van der Waals surface area contributed by atoms with E-state index in [1.165, 1.54) is 24.5 Å². The van der Waals surface area contributed by atoms with Crippen LogP contribution in [0.15, 0.2) is 36.7 Å². The van der Waals surface area contributed by atoms with Crippen LogP contribution in [0.3, 0.4) is 0 Å². The molecule has 0 unspecified atom stereocenters. The van der Waals surface area contributed by atoms with Crippen LogP contribution >= 0.6 is 11.6 Å². The number of nitrogens with one attached hydrogen (secondary N) is 2. The number of carbonyl (C=O) groups excluding carboxylic acids is 1. The second-order valence-corrected chi connectivity index (χ2v) is 5.74. The molecule has 0 radical (unpaired) electrons. The zero-order valence-electron chi connectivity index (χ0n) is 12.1. The molecule has 1 heterocycles. The second-order valence-electron chi connectivity index (χ2n) is 5.38. The maximum atomic E-state index is 12.5. The van der Waals surface area contributed by atoms with Gasteiger partial charge in [-0.3, -0.25) is 15.6 Å². The van der Waals surface area contributed by atoms with Gasteiger partial charge in [-0.15, -0.1) is 0 Å². The zero-order chi connectivity index (χ0) is 17.3. The van der Waals surface area contributed by atoms with Crippen molar-refractivity contribution in [3.05, 3.63) is 52.9 Å². The number of benzene rings is 1. The molecule has 1 aromatic carbocycles. The third-order valence-electron chi connectivity index (χ3n) is 3.75. The van der Waals surface area contributed by atoms with Gasteiger partial charge in [0.1, 0.15) is 0 Å². The fourth-order valence-corrected chi connectivity index (χ4v) is 2.54. The van der Waals surface area contributed by atoms with Gasteiger partial charge < -0.3 is 0 Å². The molecule has 0 saturated heterocycles. The Labute approximate surface area is 140 Å². The number of halogens is 4. The Bertz CT molecular complexity index is 751. The molecule has 2 N–H and O–H groups in total. The molecule has 1 saturated carbocycles. The number of aromatic nitrogens is 2. The molecule has 1 aromatic heterocycles. The van der Waals surface area contributed by atoms with Gasteiger partial charge in [0, 0.05) is 18.3 Å².